The molecular formula is C24H28BrNO. The quantitative estimate of drug-likeness (QED) is 0.499. The van der Waals surface area contributed by atoms with Gasteiger partial charge >= 0.3 is 0 Å². The molecule has 0 spiro atoms. The van der Waals surface area contributed by atoms with E-state index in [1.165, 1.54) is 11.1 Å². The number of likely N-dealkylation sites (N-methyl/N-ethyl adjacent to an activating group) is 1. The van der Waals surface area contributed by atoms with E-state index in [4.69, 9.17) is 4.74 Å². The second-order valence-electron chi connectivity index (χ2n) is 7.65. The predicted octanol–water partition coefficient (Wildman–Crippen LogP) is 6.07. The zero-order valence-electron chi connectivity index (χ0n) is 16.6. The molecule has 0 saturated carbocycles. The van der Waals surface area contributed by atoms with Gasteiger partial charge < -0.3 is 4.74 Å². The zero-order chi connectivity index (χ0) is 19.7. The fraction of sp³-hybridized carbons (Fsp3) is 0.333. The van der Waals surface area contributed by atoms with Crippen molar-refractivity contribution in [1.29, 1.82) is 0 Å². The van der Waals surface area contributed by atoms with Crippen molar-refractivity contribution in [3.8, 4) is 17.6 Å². The lowest BCUT2D eigenvalue weighted by atomic mass is 9.98. The molecule has 0 amide bonds. The summed E-state index contributed by atoms with van der Waals surface area (Å²) in [6.07, 6.45) is 4.04. The molecule has 3 heteroatoms. The summed E-state index contributed by atoms with van der Waals surface area (Å²) >= 11 is 3.65. The highest BCUT2D eigenvalue weighted by atomic mass is 79.9. The standard InChI is InChI=1S/C24H28BrNO/c1-24(2,3)15-9-6-10-16-26(4)18-21-17-22(13-14-23(21)25)27-19-20-11-7-5-8-12-20/h5-8,10-14,17H,16,18-19H2,1-4H3. The van der Waals surface area contributed by atoms with Crippen LogP contribution in [-0.4, -0.2) is 18.5 Å². The molecule has 2 aromatic rings. The number of hydrogen-bond donors (Lipinski definition) is 0. The summed E-state index contributed by atoms with van der Waals surface area (Å²) in [5.41, 5.74) is 2.42. The molecular weight excluding hydrogens is 398 g/mol. The van der Waals surface area contributed by atoms with Crippen LogP contribution < -0.4 is 4.74 Å². The molecule has 0 atom stereocenters. The van der Waals surface area contributed by atoms with Gasteiger partial charge in [0, 0.05) is 23.0 Å². The largest absolute Gasteiger partial charge is 0.489 e. The Balaban J connectivity index is 1.91. The van der Waals surface area contributed by atoms with Gasteiger partial charge in [-0.15, -0.1) is 0 Å². The molecule has 2 aromatic carbocycles. The maximum absolute atomic E-state index is 5.94. The van der Waals surface area contributed by atoms with E-state index in [1.807, 2.05) is 36.4 Å². The Bertz CT molecular complexity index is 810. The third-order valence-electron chi connectivity index (χ3n) is 3.77. The molecule has 0 aliphatic heterocycles. The molecule has 27 heavy (non-hydrogen) atoms. The molecule has 2 nitrogen and oxygen atoms in total. The Morgan fingerprint density at radius 3 is 2.56 bits per heavy atom. The Morgan fingerprint density at radius 2 is 1.85 bits per heavy atom. The minimum atomic E-state index is 0.0430. The molecule has 0 saturated heterocycles. The summed E-state index contributed by atoms with van der Waals surface area (Å²) in [4.78, 5) is 2.25. The number of nitrogens with zero attached hydrogens (tertiary/aromatic N) is 1. The van der Waals surface area contributed by atoms with Gasteiger partial charge in [-0.05, 0) is 63.2 Å². The third kappa shape index (κ3) is 8.47. The molecule has 142 valence electrons. The van der Waals surface area contributed by atoms with Crippen LogP contribution in [0.3, 0.4) is 0 Å². The van der Waals surface area contributed by atoms with Crippen LogP contribution in [0.15, 0.2) is 65.2 Å². The summed E-state index contributed by atoms with van der Waals surface area (Å²) < 4.78 is 7.04. The van der Waals surface area contributed by atoms with E-state index in [1.54, 1.807) is 0 Å². The third-order valence-corrected chi connectivity index (χ3v) is 4.54. The van der Waals surface area contributed by atoms with E-state index < -0.39 is 0 Å². The van der Waals surface area contributed by atoms with Gasteiger partial charge in [0.05, 0.1) is 0 Å². The Morgan fingerprint density at radius 1 is 1.11 bits per heavy atom. The molecule has 0 fully saturated rings. The second-order valence-corrected chi connectivity index (χ2v) is 8.50. The molecule has 0 bridgehead atoms. The van der Waals surface area contributed by atoms with Crippen LogP contribution >= 0.6 is 15.9 Å². The molecule has 0 radical (unpaired) electrons. The van der Waals surface area contributed by atoms with Crippen molar-refractivity contribution in [2.45, 2.75) is 33.9 Å². The highest BCUT2D eigenvalue weighted by Crippen LogP contribution is 2.24. The lowest BCUT2D eigenvalue weighted by molar-refractivity contribution is 0.304. The second kappa shape index (κ2) is 10.3. The van der Waals surface area contributed by atoms with Crippen LogP contribution in [0, 0.1) is 17.3 Å². The summed E-state index contributed by atoms with van der Waals surface area (Å²) in [6, 6.07) is 16.4. The van der Waals surface area contributed by atoms with Gasteiger partial charge in [-0.1, -0.05) is 64.2 Å². The zero-order valence-corrected chi connectivity index (χ0v) is 18.2. The van der Waals surface area contributed by atoms with Gasteiger partial charge in [0.25, 0.3) is 0 Å². The van der Waals surface area contributed by atoms with E-state index in [-0.39, 0.29) is 5.41 Å². The fourth-order valence-corrected chi connectivity index (χ4v) is 2.78. The van der Waals surface area contributed by atoms with Crippen LogP contribution in [0.2, 0.25) is 0 Å². The lowest BCUT2D eigenvalue weighted by Crippen LogP contribution is -2.18. The topological polar surface area (TPSA) is 12.5 Å². The van der Waals surface area contributed by atoms with E-state index >= 15 is 0 Å². The average Bonchev–Trinajstić information content (AvgIpc) is 2.62. The van der Waals surface area contributed by atoms with Crippen molar-refractivity contribution in [1.82, 2.24) is 4.90 Å². The van der Waals surface area contributed by atoms with Crippen LogP contribution in [0.5, 0.6) is 5.75 Å². The fourth-order valence-electron chi connectivity index (χ4n) is 2.41. The Kier molecular flexibility index (Phi) is 8.16. The first kappa shape index (κ1) is 21.3. The van der Waals surface area contributed by atoms with Gasteiger partial charge in [-0.25, -0.2) is 0 Å². The van der Waals surface area contributed by atoms with E-state index in [9.17, 15) is 0 Å². The Labute approximate surface area is 172 Å². The van der Waals surface area contributed by atoms with Crippen molar-refractivity contribution in [2.24, 2.45) is 5.41 Å². The van der Waals surface area contributed by atoms with Crippen molar-refractivity contribution in [3.63, 3.8) is 0 Å². The highest BCUT2D eigenvalue weighted by molar-refractivity contribution is 9.10. The number of hydrogen-bond acceptors (Lipinski definition) is 2. The van der Waals surface area contributed by atoms with Gasteiger partial charge in [0.1, 0.15) is 12.4 Å². The molecule has 0 heterocycles. The Hall–Kier alpha value is -2.02. The van der Waals surface area contributed by atoms with Gasteiger partial charge in [0.2, 0.25) is 0 Å². The van der Waals surface area contributed by atoms with E-state index in [0.717, 1.165) is 23.3 Å². The van der Waals surface area contributed by atoms with Gasteiger partial charge in [-0.3, -0.25) is 4.90 Å². The first-order chi connectivity index (χ1) is 12.8. The number of benzene rings is 2. The summed E-state index contributed by atoms with van der Waals surface area (Å²) in [7, 11) is 2.10. The van der Waals surface area contributed by atoms with Gasteiger partial charge in [0.15, 0.2) is 0 Å². The SMILES string of the molecule is CN(CC=CC#CC(C)(C)C)Cc1cc(OCc2ccccc2)ccc1Br. The maximum atomic E-state index is 5.94. The molecule has 2 rings (SSSR count). The first-order valence-corrected chi connectivity index (χ1v) is 9.94. The maximum Gasteiger partial charge on any atom is 0.120 e. The monoisotopic (exact) mass is 425 g/mol. The summed E-state index contributed by atoms with van der Waals surface area (Å²) in [6.45, 7) is 8.60. The summed E-state index contributed by atoms with van der Waals surface area (Å²) in [5.74, 6) is 7.21. The molecule has 0 aliphatic carbocycles. The molecule has 0 N–H and O–H groups in total. The number of rotatable bonds is 7. The minimum absolute atomic E-state index is 0.0430. The van der Waals surface area contributed by atoms with Crippen LogP contribution in [0.25, 0.3) is 0 Å². The molecule has 0 aliphatic rings. The molecule has 0 aromatic heterocycles. The lowest BCUT2D eigenvalue weighted by Gasteiger charge is -2.16. The minimum Gasteiger partial charge on any atom is -0.489 e. The van der Waals surface area contributed by atoms with Gasteiger partial charge in [-0.2, -0.15) is 0 Å². The van der Waals surface area contributed by atoms with Crippen molar-refractivity contribution >= 4 is 15.9 Å². The molecule has 0 unspecified atom stereocenters. The normalized spacial score (nSPS) is 11.5. The van der Waals surface area contributed by atoms with Crippen LogP contribution in [0.4, 0.5) is 0 Å². The average molecular weight is 426 g/mol. The number of allylic oxidation sites excluding steroid dienone is 1. The van der Waals surface area contributed by atoms with Crippen molar-refractivity contribution in [2.75, 3.05) is 13.6 Å². The summed E-state index contributed by atoms with van der Waals surface area (Å²) in [5, 5.41) is 0. The first-order valence-electron chi connectivity index (χ1n) is 9.15. The number of halogens is 1. The van der Waals surface area contributed by atoms with Crippen molar-refractivity contribution in [3.05, 3.63) is 76.3 Å². The van der Waals surface area contributed by atoms with Crippen LogP contribution in [-0.2, 0) is 13.2 Å². The number of ether oxygens (including phenoxy) is 1. The van der Waals surface area contributed by atoms with E-state index in [2.05, 4.69) is 84.8 Å². The smallest absolute Gasteiger partial charge is 0.120 e. The van der Waals surface area contributed by atoms with Crippen molar-refractivity contribution < 1.29 is 4.74 Å². The van der Waals surface area contributed by atoms with Crippen LogP contribution in [0.1, 0.15) is 31.9 Å². The van der Waals surface area contributed by atoms with E-state index in [0.29, 0.717) is 6.61 Å². The predicted molar refractivity (Wildman–Crippen MR) is 118 cm³/mol. The highest BCUT2D eigenvalue weighted by Gasteiger charge is 2.06.